The van der Waals surface area contributed by atoms with E-state index >= 15 is 0 Å². The van der Waals surface area contributed by atoms with Gasteiger partial charge in [-0.15, -0.1) is 0 Å². The molecule has 0 radical (unpaired) electrons. The topological polar surface area (TPSA) is 17.1 Å². The van der Waals surface area contributed by atoms with E-state index < -0.39 is 4.33 Å². The molecule has 0 spiro atoms. The maximum Gasteiger partial charge on any atom is 0.173 e. The second-order valence-corrected chi connectivity index (χ2v) is 4.94. The first-order chi connectivity index (χ1) is 5.52. The molecular formula is C9H12Cl2O. The fraction of sp³-hybridized carbons (Fsp3) is 0.667. The van der Waals surface area contributed by atoms with E-state index in [1.54, 1.807) is 0 Å². The summed E-state index contributed by atoms with van der Waals surface area (Å²) in [5.74, 6) is -0.0230. The van der Waals surface area contributed by atoms with Crippen molar-refractivity contribution < 1.29 is 4.79 Å². The molecule has 0 bridgehead atoms. The minimum Gasteiger partial charge on any atom is -0.296 e. The van der Waals surface area contributed by atoms with Gasteiger partial charge in [-0.3, -0.25) is 4.79 Å². The SMILES string of the molecule is CC(Cl)(Cl)C(=O)C1CC=CCC1. The summed E-state index contributed by atoms with van der Waals surface area (Å²) in [6.07, 6.45) is 6.73. The van der Waals surface area contributed by atoms with Crippen molar-refractivity contribution in [3.05, 3.63) is 12.2 Å². The van der Waals surface area contributed by atoms with Crippen LogP contribution in [-0.4, -0.2) is 10.1 Å². The Labute approximate surface area is 82.7 Å². The summed E-state index contributed by atoms with van der Waals surface area (Å²) in [4.78, 5) is 11.5. The summed E-state index contributed by atoms with van der Waals surface area (Å²) in [7, 11) is 0. The van der Waals surface area contributed by atoms with Crippen molar-refractivity contribution in [2.45, 2.75) is 30.5 Å². The lowest BCUT2D eigenvalue weighted by molar-refractivity contribution is -0.123. The lowest BCUT2D eigenvalue weighted by atomic mass is 9.89. The highest BCUT2D eigenvalue weighted by Crippen LogP contribution is 2.30. The van der Waals surface area contributed by atoms with Crippen molar-refractivity contribution in [2.24, 2.45) is 5.92 Å². The molecule has 0 fully saturated rings. The van der Waals surface area contributed by atoms with Crippen molar-refractivity contribution in [3.63, 3.8) is 0 Å². The predicted octanol–water partition coefficient (Wildman–Crippen LogP) is 3.11. The first kappa shape index (κ1) is 10.1. The van der Waals surface area contributed by atoms with Gasteiger partial charge < -0.3 is 0 Å². The van der Waals surface area contributed by atoms with E-state index in [4.69, 9.17) is 23.2 Å². The van der Waals surface area contributed by atoms with Gasteiger partial charge in [-0.1, -0.05) is 35.4 Å². The molecule has 12 heavy (non-hydrogen) atoms. The van der Waals surface area contributed by atoms with Crippen LogP contribution in [0, 0.1) is 5.92 Å². The second kappa shape index (κ2) is 3.80. The molecule has 1 nitrogen and oxygen atoms in total. The molecule has 0 aromatic heterocycles. The zero-order valence-corrected chi connectivity index (χ0v) is 8.53. The smallest absolute Gasteiger partial charge is 0.173 e. The summed E-state index contributed by atoms with van der Waals surface area (Å²) in [5.41, 5.74) is 0. The molecule has 68 valence electrons. The third-order valence-corrected chi connectivity index (χ3v) is 2.45. The molecule has 1 unspecified atom stereocenters. The maximum atomic E-state index is 11.5. The molecule has 0 aromatic carbocycles. The van der Waals surface area contributed by atoms with Crippen LogP contribution in [0.15, 0.2) is 12.2 Å². The monoisotopic (exact) mass is 206 g/mol. The minimum atomic E-state index is -1.21. The van der Waals surface area contributed by atoms with Gasteiger partial charge in [-0.25, -0.2) is 0 Å². The Hall–Kier alpha value is -0.0100. The molecule has 0 saturated carbocycles. The Kier molecular flexibility index (Phi) is 3.19. The maximum absolute atomic E-state index is 11.5. The molecule has 1 rings (SSSR count). The van der Waals surface area contributed by atoms with E-state index in [0.717, 1.165) is 19.3 Å². The Balaban J connectivity index is 2.59. The highest BCUT2D eigenvalue weighted by molar-refractivity contribution is 6.58. The lowest BCUT2D eigenvalue weighted by Crippen LogP contribution is -2.30. The predicted molar refractivity (Wildman–Crippen MR) is 51.6 cm³/mol. The third kappa shape index (κ3) is 2.49. The van der Waals surface area contributed by atoms with Gasteiger partial charge in [0.15, 0.2) is 10.1 Å². The number of Topliss-reactive ketones (excluding diaryl/α,β-unsaturated/α-hetero) is 1. The van der Waals surface area contributed by atoms with E-state index in [1.807, 2.05) is 6.08 Å². The number of carbonyl (C=O) groups is 1. The van der Waals surface area contributed by atoms with Crippen molar-refractivity contribution in [2.75, 3.05) is 0 Å². The molecule has 0 saturated heterocycles. The van der Waals surface area contributed by atoms with E-state index in [0.29, 0.717) is 0 Å². The molecule has 1 aliphatic carbocycles. The zero-order valence-electron chi connectivity index (χ0n) is 7.02. The summed E-state index contributed by atoms with van der Waals surface area (Å²) >= 11 is 11.4. The van der Waals surface area contributed by atoms with E-state index in [9.17, 15) is 4.79 Å². The lowest BCUT2D eigenvalue weighted by Gasteiger charge is -2.21. The molecule has 0 aromatic rings. The van der Waals surface area contributed by atoms with Gasteiger partial charge in [-0.05, 0) is 26.2 Å². The number of alkyl halides is 2. The van der Waals surface area contributed by atoms with Crippen LogP contribution in [0.3, 0.4) is 0 Å². The number of halogens is 2. The summed E-state index contributed by atoms with van der Waals surface area (Å²) in [6.45, 7) is 1.54. The molecule has 0 amide bonds. The van der Waals surface area contributed by atoms with Crippen LogP contribution in [0.4, 0.5) is 0 Å². The van der Waals surface area contributed by atoms with Crippen LogP contribution in [0.25, 0.3) is 0 Å². The molecule has 0 N–H and O–H groups in total. The van der Waals surface area contributed by atoms with Crippen LogP contribution in [0.2, 0.25) is 0 Å². The van der Waals surface area contributed by atoms with Crippen LogP contribution in [-0.2, 0) is 4.79 Å². The Morgan fingerprint density at radius 2 is 2.17 bits per heavy atom. The molecule has 0 aliphatic heterocycles. The standard InChI is InChI=1S/C9H12Cl2O/c1-9(10,11)8(12)7-5-3-2-4-6-7/h2-3,7H,4-6H2,1H3. The number of rotatable bonds is 2. The Bertz CT molecular complexity index is 203. The summed E-state index contributed by atoms with van der Waals surface area (Å²) < 4.78 is -1.21. The Morgan fingerprint density at radius 1 is 1.50 bits per heavy atom. The van der Waals surface area contributed by atoms with Crippen LogP contribution in [0.1, 0.15) is 26.2 Å². The number of carbonyl (C=O) groups excluding carboxylic acids is 1. The van der Waals surface area contributed by atoms with Gasteiger partial charge in [0, 0.05) is 5.92 Å². The highest BCUT2D eigenvalue weighted by atomic mass is 35.5. The summed E-state index contributed by atoms with van der Waals surface area (Å²) in [6, 6.07) is 0. The van der Waals surface area contributed by atoms with Gasteiger partial charge in [0.2, 0.25) is 0 Å². The second-order valence-electron chi connectivity index (χ2n) is 3.23. The quantitative estimate of drug-likeness (QED) is 0.502. The number of allylic oxidation sites excluding steroid dienone is 2. The average Bonchev–Trinajstić information content (AvgIpc) is 2.03. The van der Waals surface area contributed by atoms with Gasteiger partial charge >= 0.3 is 0 Å². The van der Waals surface area contributed by atoms with Crippen molar-refractivity contribution in [1.82, 2.24) is 0 Å². The van der Waals surface area contributed by atoms with E-state index in [-0.39, 0.29) is 11.7 Å². The minimum absolute atomic E-state index is 0.0231. The number of ketones is 1. The number of hydrogen-bond acceptors (Lipinski definition) is 1. The largest absolute Gasteiger partial charge is 0.296 e. The molecular weight excluding hydrogens is 195 g/mol. The van der Waals surface area contributed by atoms with Gasteiger partial charge in [0.05, 0.1) is 0 Å². The van der Waals surface area contributed by atoms with E-state index in [2.05, 4.69) is 6.08 Å². The molecule has 1 atom stereocenters. The number of hydrogen-bond donors (Lipinski definition) is 0. The molecule has 0 heterocycles. The van der Waals surface area contributed by atoms with Crippen LogP contribution < -0.4 is 0 Å². The fourth-order valence-corrected chi connectivity index (χ4v) is 1.70. The van der Waals surface area contributed by atoms with Crippen LogP contribution in [0.5, 0.6) is 0 Å². The van der Waals surface area contributed by atoms with Gasteiger partial charge in [0.25, 0.3) is 0 Å². The van der Waals surface area contributed by atoms with E-state index in [1.165, 1.54) is 6.92 Å². The third-order valence-electron chi connectivity index (χ3n) is 2.07. The van der Waals surface area contributed by atoms with Crippen molar-refractivity contribution in [1.29, 1.82) is 0 Å². The zero-order chi connectivity index (χ0) is 9.19. The summed E-state index contributed by atoms with van der Waals surface area (Å²) in [5, 5.41) is 0. The Morgan fingerprint density at radius 3 is 2.58 bits per heavy atom. The average molecular weight is 207 g/mol. The first-order valence-electron chi connectivity index (χ1n) is 4.09. The fourth-order valence-electron chi connectivity index (χ4n) is 1.39. The van der Waals surface area contributed by atoms with Gasteiger partial charge in [-0.2, -0.15) is 0 Å². The molecule has 3 heteroatoms. The highest BCUT2D eigenvalue weighted by Gasteiger charge is 2.33. The van der Waals surface area contributed by atoms with Crippen molar-refractivity contribution >= 4 is 29.0 Å². The van der Waals surface area contributed by atoms with Crippen molar-refractivity contribution in [3.8, 4) is 0 Å². The van der Waals surface area contributed by atoms with Gasteiger partial charge in [0.1, 0.15) is 0 Å². The first-order valence-corrected chi connectivity index (χ1v) is 4.84. The van der Waals surface area contributed by atoms with Crippen LogP contribution >= 0.6 is 23.2 Å². The normalized spacial score (nSPS) is 24.1. The molecule has 1 aliphatic rings.